The van der Waals surface area contributed by atoms with Gasteiger partial charge in [0.25, 0.3) is 11.7 Å². The van der Waals surface area contributed by atoms with Gasteiger partial charge in [-0.3, -0.25) is 25.0 Å². The Kier molecular flexibility index (Phi) is 6.00. The third kappa shape index (κ3) is 4.11. The number of Topliss-reactive ketones (excluding diaryl/α,β-unsaturated/α-hetero) is 1. The van der Waals surface area contributed by atoms with Crippen LogP contribution in [0.1, 0.15) is 16.1 Å². The van der Waals surface area contributed by atoms with Gasteiger partial charge in [0, 0.05) is 51.0 Å². The van der Waals surface area contributed by atoms with Crippen molar-refractivity contribution in [2.24, 2.45) is 11.6 Å². The molecular weight excluding hydrogens is 429 g/mol. The van der Waals surface area contributed by atoms with E-state index < -0.39 is 17.5 Å². The Morgan fingerprint density at radius 2 is 1.91 bits per heavy atom. The molecule has 1 aliphatic heterocycles. The Balaban J connectivity index is 1.51. The Morgan fingerprint density at radius 3 is 2.58 bits per heavy atom. The fraction of sp³-hybridized carbons (Fsp3) is 0.190. The van der Waals surface area contributed by atoms with Crippen molar-refractivity contribution in [2.75, 3.05) is 31.2 Å². The SMILES string of the molecule is N=C(c1ccccn1)N1CCN(C(=O)C(=O)c2c[nH]c3c(N(N)/C=C\N)ncc(F)c23)CC1. The van der Waals surface area contributed by atoms with Gasteiger partial charge in [0.15, 0.2) is 11.6 Å². The van der Waals surface area contributed by atoms with Crippen LogP contribution in [-0.4, -0.2) is 68.5 Å². The lowest BCUT2D eigenvalue weighted by Gasteiger charge is -2.35. The zero-order valence-electron chi connectivity index (χ0n) is 17.5. The van der Waals surface area contributed by atoms with Gasteiger partial charge in [-0.1, -0.05) is 6.07 Å². The summed E-state index contributed by atoms with van der Waals surface area (Å²) in [6.45, 7) is 1.24. The molecule has 6 N–H and O–H groups in total. The molecule has 0 unspecified atom stereocenters. The molecule has 3 aromatic heterocycles. The highest BCUT2D eigenvalue weighted by Gasteiger charge is 2.31. The van der Waals surface area contributed by atoms with Gasteiger partial charge >= 0.3 is 0 Å². The Hall–Kier alpha value is -4.32. The lowest BCUT2D eigenvalue weighted by Crippen LogP contribution is -2.52. The van der Waals surface area contributed by atoms with Crippen molar-refractivity contribution in [1.29, 1.82) is 5.41 Å². The van der Waals surface area contributed by atoms with Crippen molar-refractivity contribution in [2.45, 2.75) is 0 Å². The van der Waals surface area contributed by atoms with Crippen LogP contribution in [0.25, 0.3) is 10.9 Å². The number of nitrogens with one attached hydrogen (secondary N) is 2. The van der Waals surface area contributed by atoms with Gasteiger partial charge in [-0.05, 0) is 12.1 Å². The first-order chi connectivity index (χ1) is 15.9. The highest BCUT2D eigenvalue weighted by molar-refractivity contribution is 6.45. The van der Waals surface area contributed by atoms with E-state index in [0.717, 1.165) is 11.2 Å². The fourth-order valence-electron chi connectivity index (χ4n) is 3.69. The molecule has 0 radical (unpaired) electrons. The topological polar surface area (TPSA) is 161 Å². The Labute approximate surface area is 188 Å². The third-order valence-corrected chi connectivity index (χ3v) is 5.36. The molecule has 170 valence electrons. The molecule has 1 aliphatic rings. The molecule has 4 rings (SSSR count). The summed E-state index contributed by atoms with van der Waals surface area (Å²) in [4.78, 5) is 39.9. The second-order valence-corrected chi connectivity index (χ2v) is 7.30. The highest BCUT2D eigenvalue weighted by atomic mass is 19.1. The minimum absolute atomic E-state index is 0.0743. The second-order valence-electron chi connectivity index (χ2n) is 7.30. The molecule has 4 heterocycles. The van der Waals surface area contributed by atoms with Crippen molar-refractivity contribution in [1.82, 2.24) is 24.8 Å². The summed E-state index contributed by atoms with van der Waals surface area (Å²) in [5, 5.41) is 9.31. The maximum Gasteiger partial charge on any atom is 0.295 e. The van der Waals surface area contributed by atoms with E-state index in [2.05, 4.69) is 15.0 Å². The van der Waals surface area contributed by atoms with Gasteiger partial charge in [-0.25, -0.2) is 15.2 Å². The number of amides is 1. The number of carbonyl (C=O) groups is 2. The standard InChI is InChI=1S/C21H22FN9O2/c22-14-12-28-20(31(25)6-4-23)17-16(14)13(11-27-17)18(32)21(33)30-9-7-29(8-10-30)19(24)15-3-1-2-5-26-15/h1-6,11-12,24,27H,7-10,23,25H2/b6-4-,24-19?. The third-order valence-electron chi connectivity index (χ3n) is 5.36. The number of hydrogen-bond acceptors (Lipinski definition) is 8. The molecule has 0 aromatic carbocycles. The molecule has 1 saturated heterocycles. The van der Waals surface area contributed by atoms with Gasteiger partial charge in [0.05, 0.1) is 22.7 Å². The number of halogens is 1. The molecule has 0 spiro atoms. The predicted molar refractivity (Wildman–Crippen MR) is 120 cm³/mol. The maximum absolute atomic E-state index is 14.6. The van der Waals surface area contributed by atoms with E-state index in [9.17, 15) is 14.0 Å². The number of carbonyl (C=O) groups excluding carboxylic acids is 2. The Bertz CT molecular complexity index is 1230. The lowest BCUT2D eigenvalue weighted by atomic mass is 10.1. The van der Waals surface area contributed by atoms with Crippen LogP contribution in [0.15, 0.2) is 49.2 Å². The number of hydrazine groups is 1. The number of amidine groups is 1. The zero-order chi connectivity index (χ0) is 23.5. The van der Waals surface area contributed by atoms with Crippen LogP contribution in [0.4, 0.5) is 10.2 Å². The molecule has 33 heavy (non-hydrogen) atoms. The largest absolute Gasteiger partial charge is 0.403 e. The van der Waals surface area contributed by atoms with Crippen molar-refractivity contribution in [3.63, 3.8) is 0 Å². The van der Waals surface area contributed by atoms with Gasteiger partial charge in [-0.15, -0.1) is 0 Å². The average molecular weight is 451 g/mol. The average Bonchev–Trinajstić information content (AvgIpc) is 3.30. The van der Waals surface area contributed by atoms with Gasteiger partial charge < -0.3 is 20.5 Å². The summed E-state index contributed by atoms with van der Waals surface area (Å²) >= 11 is 0. The summed E-state index contributed by atoms with van der Waals surface area (Å²) in [5.41, 5.74) is 5.93. The molecule has 11 nitrogen and oxygen atoms in total. The highest BCUT2D eigenvalue weighted by Crippen LogP contribution is 2.28. The number of rotatable bonds is 5. The molecule has 12 heteroatoms. The van der Waals surface area contributed by atoms with Crippen LogP contribution in [-0.2, 0) is 4.79 Å². The first-order valence-corrected chi connectivity index (χ1v) is 10.1. The molecule has 0 atom stereocenters. The molecule has 1 fully saturated rings. The number of fused-ring (bicyclic) bond motifs is 1. The minimum atomic E-state index is -0.844. The van der Waals surface area contributed by atoms with E-state index >= 15 is 0 Å². The van der Waals surface area contributed by atoms with Crippen molar-refractivity contribution in [3.8, 4) is 0 Å². The van der Waals surface area contributed by atoms with Crippen molar-refractivity contribution in [3.05, 3.63) is 66.3 Å². The van der Waals surface area contributed by atoms with Crippen molar-refractivity contribution >= 4 is 34.2 Å². The molecule has 0 bridgehead atoms. The van der Waals surface area contributed by atoms with E-state index in [1.54, 1.807) is 29.3 Å². The number of anilines is 1. The van der Waals surface area contributed by atoms with Crippen LogP contribution in [0.3, 0.4) is 0 Å². The summed E-state index contributed by atoms with van der Waals surface area (Å²) < 4.78 is 14.6. The monoisotopic (exact) mass is 451 g/mol. The quantitative estimate of drug-likeness (QED) is 0.109. The van der Waals surface area contributed by atoms with Crippen LogP contribution >= 0.6 is 0 Å². The number of nitrogens with two attached hydrogens (primary N) is 2. The second kappa shape index (κ2) is 9.04. The summed E-state index contributed by atoms with van der Waals surface area (Å²) in [6.07, 6.45) is 6.31. The van der Waals surface area contributed by atoms with Crippen LogP contribution in [0.2, 0.25) is 0 Å². The number of pyridine rings is 2. The van der Waals surface area contributed by atoms with Crippen molar-refractivity contribution < 1.29 is 14.0 Å². The number of aromatic amines is 1. The normalized spacial score (nSPS) is 14.1. The molecule has 0 aliphatic carbocycles. The summed E-state index contributed by atoms with van der Waals surface area (Å²) in [7, 11) is 0. The smallest absolute Gasteiger partial charge is 0.295 e. The Morgan fingerprint density at radius 1 is 1.18 bits per heavy atom. The fourth-order valence-corrected chi connectivity index (χ4v) is 3.69. The molecule has 1 amide bonds. The first kappa shape index (κ1) is 21.9. The summed E-state index contributed by atoms with van der Waals surface area (Å²) in [5.74, 6) is 3.88. The molecule has 0 saturated carbocycles. The van der Waals surface area contributed by atoms with Gasteiger partial charge in [-0.2, -0.15) is 0 Å². The number of aromatic nitrogens is 3. The maximum atomic E-state index is 14.6. The molecule has 3 aromatic rings. The minimum Gasteiger partial charge on any atom is -0.403 e. The van der Waals surface area contributed by atoms with Crippen LogP contribution in [0, 0.1) is 11.2 Å². The lowest BCUT2D eigenvalue weighted by molar-refractivity contribution is -0.127. The van der Waals surface area contributed by atoms with E-state index in [0.29, 0.717) is 18.8 Å². The van der Waals surface area contributed by atoms with Crippen LogP contribution < -0.4 is 16.6 Å². The number of hydrogen-bond donors (Lipinski definition) is 4. The molecular formula is C21H22FN9O2. The number of ketones is 1. The van der Waals surface area contributed by atoms with Gasteiger partial charge in [0.1, 0.15) is 11.5 Å². The van der Waals surface area contributed by atoms with E-state index in [4.69, 9.17) is 17.0 Å². The number of nitrogens with zero attached hydrogens (tertiary/aromatic N) is 5. The number of piperazine rings is 1. The van der Waals surface area contributed by atoms with E-state index in [1.807, 2.05) is 0 Å². The van der Waals surface area contributed by atoms with Gasteiger partial charge in [0.2, 0.25) is 0 Å². The van der Waals surface area contributed by atoms with E-state index in [-0.39, 0.29) is 41.2 Å². The van der Waals surface area contributed by atoms with Crippen LogP contribution in [0.5, 0.6) is 0 Å². The predicted octanol–water partition coefficient (Wildman–Crippen LogP) is 0.559. The van der Waals surface area contributed by atoms with E-state index in [1.165, 1.54) is 23.5 Å². The first-order valence-electron chi connectivity index (χ1n) is 10.1. The number of H-pyrrole nitrogens is 1. The summed E-state index contributed by atoms with van der Waals surface area (Å²) in [6, 6.07) is 5.31. The zero-order valence-corrected chi connectivity index (χ0v) is 17.5.